The van der Waals surface area contributed by atoms with Crippen molar-refractivity contribution in [2.24, 2.45) is 0 Å². The molecule has 0 aliphatic carbocycles. The van der Waals surface area contributed by atoms with E-state index in [0.717, 1.165) is 11.4 Å². The molecule has 0 atom stereocenters. The van der Waals surface area contributed by atoms with Gasteiger partial charge in [0.1, 0.15) is 16.8 Å². The van der Waals surface area contributed by atoms with Crippen LogP contribution in [-0.4, -0.2) is 39.7 Å². The Hall–Kier alpha value is -3.69. The molecule has 1 aromatic heterocycles. The molecule has 1 heterocycles. The highest BCUT2D eigenvalue weighted by Crippen LogP contribution is 2.19. The molecule has 0 bridgehead atoms. The number of benzene rings is 2. The second-order valence-corrected chi connectivity index (χ2v) is 4.94. The summed E-state index contributed by atoms with van der Waals surface area (Å²) in [6.45, 7) is -0.677. The lowest BCUT2D eigenvalue weighted by molar-refractivity contribution is -0.754. The van der Waals surface area contributed by atoms with E-state index in [9.17, 15) is 14.9 Å². The molecule has 0 saturated carbocycles. The Morgan fingerprint density at radius 2 is 1.92 bits per heavy atom. The number of nitrogens with zero attached hydrogens (tertiary/aromatic N) is 4. The number of fused-ring (bicyclic) bond motifs is 1. The molecule has 2 aromatic carbocycles. The van der Waals surface area contributed by atoms with E-state index in [4.69, 9.17) is 4.74 Å². The van der Waals surface area contributed by atoms with Crippen LogP contribution in [0.3, 0.4) is 0 Å². The van der Waals surface area contributed by atoms with Gasteiger partial charge in [-0.15, -0.1) is 20.3 Å². The quantitative estimate of drug-likeness (QED) is 0.532. The zero-order chi connectivity index (χ0) is 17.8. The standard InChI is InChI=1S/C15H13N5O5/c1-24-12-5-3-11(4-6-12)19-17-13-7-2-10(8-14(13)18-19)16-15(21)9-25-20(22)23/h2-8H,9H2,1H3,(H,16,21). The molecule has 0 aliphatic heterocycles. The summed E-state index contributed by atoms with van der Waals surface area (Å²) < 4.78 is 5.11. The predicted octanol–water partition coefficient (Wildman–Crippen LogP) is 1.58. The third-order valence-electron chi connectivity index (χ3n) is 3.27. The maximum atomic E-state index is 11.5. The molecule has 25 heavy (non-hydrogen) atoms. The molecule has 0 spiro atoms. The Morgan fingerprint density at radius 1 is 1.20 bits per heavy atom. The van der Waals surface area contributed by atoms with Crippen molar-refractivity contribution in [2.75, 3.05) is 19.0 Å². The molecule has 10 heteroatoms. The molecule has 0 aliphatic rings. The Labute approximate surface area is 141 Å². The first-order valence-electron chi connectivity index (χ1n) is 7.14. The van der Waals surface area contributed by atoms with Crippen molar-refractivity contribution in [3.05, 3.63) is 52.6 Å². The van der Waals surface area contributed by atoms with Crippen LogP contribution in [0.15, 0.2) is 42.5 Å². The van der Waals surface area contributed by atoms with Crippen molar-refractivity contribution in [3.8, 4) is 11.4 Å². The molecule has 0 unspecified atom stereocenters. The molecule has 1 amide bonds. The van der Waals surface area contributed by atoms with Gasteiger partial charge in [-0.2, -0.15) is 4.80 Å². The van der Waals surface area contributed by atoms with E-state index in [-0.39, 0.29) is 0 Å². The normalized spacial score (nSPS) is 10.4. The van der Waals surface area contributed by atoms with Gasteiger partial charge in [0.25, 0.3) is 5.09 Å². The fraction of sp³-hybridized carbons (Fsp3) is 0.133. The number of aromatic nitrogens is 3. The molecule has 3 aromatic rings. The van der Waals surface area contributed by atoms with E-state index in [2.05, 4.69) is 20.4 Å². The van der Waals surface area contributed by atoms with E-state index in [1.807, 2.05) is 12.1 Å². The highest BCUT2D eigenvalue weighted by Gasteiger charge is 2.09. The van der Waals surface area contributed by atoms with Crippen LogP contribution in [0.2, 0.25) is 0 Å². The van der Waals surface area contributed by atoms with Crippen molar-refractivity contribution in [2.45, 2.75) is 0 Å². The molecule has 0 fully saturated rings. The number of hydrogen-bond acceptors (Lipinski definition) is 7. The molecular formula is C15H13N5O5. The highest BCUT2D eigenvalue weighted by molar-refractivity contribution is 5.93. The summed E-state index contributed by atoms with van der Waals surface area (Å²) in [5.74, 6) is 0.0843. The number of carbonyl (C=O) groups excluding carboxylic acids is 1. The van der Waals surface area contributed by atoms with Gasteiger partial charge in [0.15, 0.2) is 6.61 Å². The van der Waals surface area contributed by atoms with Crippen LogP contribution in [0.25, 0.3) is 16.7 Å². The van der Waals surface area contributed by atoms with Crippen molar-refractivity contribution in [1.82, 2.24) is 15.0 Å². The fourth-order valence-corrected chi connectivity index (χ4v) is 2.13. The zero-order valence-electron chi connectivity index (χ0n) is 13.1. The Balaban J connectivity index is 1.78. The molecule has 3 rings (SSSR count). The van der Waals surface area contributed by atoms with E-state index in [1.54, 1.807) is 37.4 Å². The van der Waals surface area contributed by atoms with Crippen LogP contribution in [-0.2, 0) is 9.63 Å². The Morgan fingerprint density at radius 3 is 2.60 bits per heavy atom. The van der Waals surface area contributed by atoms with Crippen LogP contribution >= 0.6 is 0 Å². The number of ether oxygens (including phenoxy) is 1. The summed E-state index contributed by atoms with van der Waals surface area (Å²) in [6, 6.07) is 12.2. The highest BCUT2D eigenvalue weighted by atomic mass is 16.9. The smallest absolute Gasteiger partial charge is 0.295 e. The third-order valence-corrected chi connectivity index (χ3v) is 3.27. The average Bonchev–Trinajstić information content (AvgIpc) is 3.03. The lowest BCUT2D eigenvalue weighted by Crippen LogP contribution is -2.20. The van der Waals surface area contributed by atoms with Gasteiger partial charge in [0.2, 0.25) is 5.91 Å². The van der Waals surface area contributed by atoms with Crippen LogP contribution < -0.4 is 10.1 Å². The van der Waals surface area contributed by atoms with Crippen LogP contribution in [0.4, 0.5) is 5.69 Å². The zero-order valence-corrected chi connectivity index (χ0v) is 13.1. The summed E-state index contributed by atoms with van der Waals surface area (Å²) in [5, 5.41) is 20.3. The number of amides is 1. The van der Waals surface area contributed by atoms with Crippen molar-refractivity contribution in [1.29, 1.82) is 0 Å². The topological polar surface area (TPSA) is 121 Å². The molecule has 0 saturated heterocycles. The minimum atomic E-state index is -1.02. The summed E-state index contributed by atoms with van der Waals surface area (Å²) in [5.41, 5.74) is 2.38. The number of hydrogen-bond donors (Lipinski definition) is 1. The van der Waals surface area contributed by atoms with Gasteiger partial charge in [-0.05, 0) is 42.5 Å². The average molecular weight is 343 g/mol. The number of nitrogens with one attached hydrogen (secondary N) is 1. The first-order valence-corrected chi connectivity index (χ1v) is 7.14. The monoisotopic (exact) mass is 343 g/mol. The minimum absolute atomic E-state index is 0.436. The molecule has 1 N–H and O–H groups in total. The SMILES string of the molecule is COc1ccc(-n2nc3ccc(NC(=O)CO[N+](=O)[O-])cc3n2)cc1. The summed E-state index contributed by atoms with van der Waals surface area (Å²) in [4.78, 5) is 27.1. The van der Waals surface area contributed by atoms with E-state index in [0.29, 0.717) is 16.7 Å². The van der Waals surface area contributed by atoms with Crippen molar-refractivity contribution < 1.29 is 19.5 Å². The number of methoxy groups -OCH3 is 1. The second kappa shape index (κ2) is 6.83. The van der Waals surface area contributed by atoms with Gasteiger partial charge in [0.05, 0.1) is 12.8 Å². The lowest BCUT2D eigenvalue weighted by atomic mass is 10.3. The third kappa shape index (κ3) is 3.80. The summed E-state index contributed by atoms with van der Waals surface area (Å²) >= 11 is 0. The molecule has 0 radical (unpaired) electrons. The van der Waals surface area contributed by atoms with Gasteiger partial charge in [-0.25, -0.2) is 0 Å². The Bertz CT molecular complexity index is 922. The van der Waals surface area contributed by atoms with Crippen LogP contribution in [0.1, 0.15) is 0 Å². The van der Waals surface area contributed by atoms with Gasteiger partial charge < -0.3 is 14.9 Å². The predicted molar refractivity (Wildman–Crippen MR) is 87.0 cm³/mol. The lowest BCUT2D eigenvalue weighted by Gasteiger charge is -2.03. The number of anilines is 1. The van der Waals surface area contributed by atoms with Crippen molar-refractivity contribution >= 4 is 22.6 Å². The summed E-state index contributed by atoms with van der Waals surface area (Å²) in [6.07, 6.45) is 0. The molecule has 128 valence electrons. The molecule has 10 nitrogen and oxygen atoms in total. The summed E-state index contributed by atoms with van der Waals surface area (Å²) in [7, 11) is 1.59. The maximum Gasteiger partial charge on any atom is 0.295 e. The van der Waals surface area contributed by atoms with E-state index < -0.39 is 17.6 Å². The fourth-order valence-electron chi connectivity index (χ4n) is 2.13. The van der Waals surface area contributed by atoms with Crippen molar-refractivity contribution in [3.63, 3.8) is 0 Å². The number of rotatable bonds is 6. The maximum absolute atomic E-state index is 11.5. The van der Waals surface area contributed by atoms with Gasteiger partial charge >= 0.3 is 0 Å². The van der Waals surface area contributed by atoms with E-state index >= 15 is 0 Å². The first-order chi connectivity index (χ1) is 12.0. The van der Waals surface area contributed by atoms with Crippen LogP contribution in [0.5, 0.6) is 5.75 Å². The second-order valence-electron chi connectivity index (χ2n) is 4.94. The molecular weight excluding hydrogens is 330 g/mol. The van der Waals surface area contributed by atoms with Crippen LogP contribution in [0, 0.1) is 10.1 Å². The first kappa shape index (κ1) is 16.2. The minimum Gasteiger partial charge on any atom is -0.497 e. The van der Waals surface area contributed by atoms with E-state index in [1.165, 1.54) is 4.80 Å². The Kier molecular flexibility index (Phi) is 4.42. The largest absolute Gasteiger partial charge is 0.497 e. The van der Waals surface area contributed by atoms with Gasteiger partial charge in [0, 0.05) is 5.69 Å². The van der Waals surface area contributed by atoms with Gasteiger partial charge in [-0.3, -0.25) is 4.79 Å². The number of carbonyl (C=O) groups is 1. The van der Waals surface area contributed by atoms with Gasteiger partial charge in [-0.1, -0.05) is 0 Å².